The van der Waals surface area contributed by atoms with Crippen molar-refractivity contribution in [3.8, 4) is 11.3 Å². The van der Waals surface area contributed by atoms with Crippen LogP contribution in [0.25, 0.3) is 22.2 Å². The number of hydrogen-bond acceptors (Lipinski definition) is 3. The molecule has 3 rings (SSSR count). The Bertz CT molecular complexity index is 777. The van der Waals surface area contributed by atoms with Crippen LogP contribution in [0.3, 0.4) is 0 Å². The van der Waals surface area contributed by atoms with Crippen LogP contribution in [-0.2, 0) is 0 Å². The topological polar surface area (TPSA) is 83.8 Å². The molecule has 1 heterocycles. The van der Waals surface area contributed by atoms with E-state index in [0.29, 0.717) is 18.7 Å². The van der Waals surface area contributed by atoms with E-state index in [0.717, 1.165) is 28.6 Å². The summed E-state index contributed by atoms with van der Waals surface area (Å²) >= 11 is 0. The van der Waals surface area contributed by atoms with Crippen molar-refractivity contribution >= 4 is 16.8 Å². The van der Waals surface area contributed by atoms with Gasteiger partial charge in [-0.3, -0.25) is 9.89 Å². The molecule has 0 spiro atoms. The zero-order chi connectivity index (χ0) is 15.4. The van der Waals surface area contributed by atoms with E-state index in [1.165, 1.54) is 0 Å². The van der Waals surface area contributed by atoms with Crippen molar-refractivity contribution in [1.29, 1.82) is 0 Å². The highest BCUT2D eigenvalue weighted by Crippen LogP contribution is 2.26. The van der Waals surface area contributed by atoms with Crippen LogP contribution < -0.4 is 11.1 Å². The maximum atomic E-state index is 12.0. The molecule has 5 heteroatoms. The molecule has 3 aromatic rings. The maximum absolute atomic E-state index is 12.0. The van der Waals surface area contributed by atoms with Gasteiger partial charge in [0, 0.05) is 23.1 Å². The minimum Gasteiger partial charge on any atom is -0.352 e. The molecule has 2 aromatic carbocycles. The van der Waals surface area contributed by atoms with E-state index in [-0.39, 0.29) is 5.91 Å². The number of aromatic amines is 1. The van der Waals surface area contributed by atoms with Crippen LogP contribution in [0, 0.1) is 0 Å². The number of amides is 1. The number of nitrogens with two attached hydrogens (primary N) is 1. The number of aromatic nitrogens is 2. The highest BCUT2D eigenvalue weighted by atomic mass is 16.1. The van der Waals surface area contributed by atoms with Crippen molar-refractivity contribution in [2.24, 2.45) is 5.73 Å². The predicted octanol–water partition coefficient (Wildman–Crippen LogP) is 2.31. The monoisotopic (exact) mass is 294 g/mol. The molecule has 0 aliphatic rings. The van der Waals surface area contributed by atoms with Gasteiger partial charge < -0.3 is 11.1 Å². The highest BCUT2D eigenvalue weighted by molar-refractivity contribution is 5.96. The number of carbonyl (C=O) groups excluding carboxylic acids is 1. The van der Waals surface area contributed by atoms with Crippen molar-refractivity contribution < 1.29 is 4.79 Å². The molecule has 0 aliphatic carbocycles. The molecule has 5 nitrogen and oxygen atoms in total. The smallest absolute Gasteiger partial charge is 0.251 e. The van der Waals surface area contributed by atoms with Crippen LogP contribution >= 0.6 is 0 Å². The molecular weight excluding hydrogens is 276 g/mol. The van der Waals surface area contributed by atoms with Crippen LogP contribution in [0.15, 0.2) is 48.5 Å². The Hall–Kier alpha value is -2.66. The first kappa shape index (κ1) is 14.3. The van der Waals surface area contributed by atoms with Crippen molar-refractivity contribution in [2.75, 3.05) is 13.1 Å². The summed E-state index contributed by atoms with van der Waals surface area (Å²) in [6.45, 7) is 1.17. The Morgan fingerprint density at radius 1 is 1.14 bits per heavy atom. The normalized spacial score (nSPS) is 10.8. The number of nitrogens with zero attached hydrogens (tertiary/aromatic N) is 1. The lowest BCUT2D eigenvalue weighted by Crippen LogP contribution is -2.25. The number of para-hydroxylation sites is 1. The Labute approximate surface area is 128 Å². The maximum Gasteiger partial charge on any atom is 0.251 e. The fourth-order valence-corrected chi connectivity index (χ4v) is 2.37. The summed E-state index contributed by atoms with van der Waals surface area (Å²) in [7, 11) is 0. The lowest BCUT2D eigenvalue weighted by atomic mass is 10.1. The lowest BCUT2D eigenvalue weighted by molar-refractivity contribution is 0.0953. The van der Waals surface area contributed by atoms with Crippen LogP contribution in [-0.4, -0.2) is 29.2 Å². The van der Waals surface area contributed by atoms with Crippen LogP contribution in [0.4, 0.5) is 0 Å². The van der Waals surface area contributed by atoms with E-state index in [9.17, 15) is 4.79 Å². The molecule has 0 bridgehead atoms. The fraction of sp³-hybridized carbons (Fsp3) is 0.176. The van der Waals surface area contributed by atoms with Crippen LogP contribution in [0.2, 0.25) is 0 Å². The first-order valence-corrected chi connectivity index (χ1v) is 7.31. The molecule has 0 unspecified atom stereocenters. The summed E-state index contributed by atoms with van der Waals surface area (Å²) in [5.41, 5.74) is 8.93. The highest BCUT2D eigenvalue weighted by Gasteiger charge is 2.09. The molecule has 112 valence electrons. The number of benzene rings is 2. The van der Waals surface area contributed by atoms with Crippen LogP contribution in [0.5, 0.6) is 0 Å². The van der Waals surface area contributed by atoms with Crippen molar-refractivity contribution in [3.63, 3.8) is 0 Å². The Kier molecular flexibility index (Phi) is 4.16. The van der Waals surface area contributed by atoms with Gasteiger partial charge in [0.2, 0.25) is 0 Å². The SMILES string of the molecule is NCCCNC(=O)c1ccc(-c2n[nH]c3ccccc23)cc1. The van der Waals surface area contributed by atoms with Crippen molar-refractivity contribution in [3.05, 3.63) is 54.1 Å². The summed E-state index contributed by atoms with van der Waals surface area (Å²) in [6.07, 6.45) is 0.781. The quantitative estimate of drug-likeness (QED) is 0.631. The largest absolute Gasteiger partial charge is 0.352 e. The van der Waals surface area contributed by atoms with E-state index < -0.39 is 0 Å². The zero-order valence-corrected chi connectivity index (χ0v) is 12.2. The Morgan fingerprint density at radius 3 is 2.68 bits per heavy atom. The van der Waals surface area contributed by atoms with Gasteiger partial charge in [0.15, 0.2) is 0 Å². The molecule has 4 N–H and O–H groups in total. The average Bonchev–Trinajstić information content (AvgIpc) is 2.99. The zero-order valence-electron chi connectivity index (χ0n) is 12.2. The molecule has 0 saturated heterocycles. The second-order valence-corrected chi connectivity index (χ2v) is 5.09. The van der Waals surface area contributed by atoms with Gasteiger partial charge in [-0.15, -0.1) is 0 Å². The van der Waals surface area contributed by atoms with E-state index in [1.807, 2.05) is 48.5 Å². The average molecular weight is 294 g/mol. The minimum atomic E-state index is -0.0770. The predicted molar refractivity (Wildman–Crippen MR) is 87.5 cm³/mol. The van der Waals surface area contributed by atoms with Gasteiger partial charge in [0.25, 0.3) is 5.91 Å². The van der Waals surface area contributed by atoms with E-state index in [4.69, 9.17) is 5.73 Å². The standard InChI is InChI=1S/C17H18N4O/c18-10-3-11-19-17(22)13-8-6-12(7-9-13)16-14-4-1-2-5-15(14)20-21-16/h1-2,4-9H,3,10-11,18H2,(H,19,22)(H,20,21). The van der Waals surface area contributed by atoms with Gasteiger partial charge in [-0.2, -0.15) is 5.10 Å². The van der Waals surface area contributed by atoms with Gasteiger partial charge in [-0.25, -0.2) is 0 Å². The molecule has 0 aliphatic heterocycles. The number of hydrogen-bond donors (Lipinski definition) is 3. The van der Waals surface area contributed by atoms with E-state index >= 15 is 0 Å². The molecule has 0 atom stereocenters. The van der Waals surface area contributed by atoms with Gasteiger partial charge >= 0.3 is 0 Å². The molecule has 0 saturated carbocycles. The summed E-state index contributed by atoms with van der Waals surface area (Å²) in [6, 6.07) is 15.4. The second-order valence-electron chi connectivity index (χ2n) is 5.09. The lowest BCUT2D eigenvalue weighted by Gasteiger charge is -2.05. The summed E-state index contributed by atoms with van der Waals surface area (Å²) in [4.78, 5) is 12.0. The number of fused-ring (bicyclic) bond motifs is 1. The van der Waals surface area contributed by atoms with E-state index in [2.05, 4.69) is 15.5 Å². The van der Waals surface area contributed by atoms with Crippen molar-refractivity contribution in [2.45, 2.75) is 6.42 Å². The third-order valence-electron chi connectivity index (χ3n) is 3.56. The van der Waals surface area contributed by atoms with E-state index in [1.54, 1.807) is 0 Å². The Balaban J connectivity index is 1.81. The fourth-order valence-electron chi connectivity index (χ4n) is 2.37. The summed E-state index contributed by atoms with van der Waals surface area (Å²) < 4.78 is 0. The first-order valence-electron chi connectivity index (χ1n) is 7.31. The molecule has 1 aromatic heterocycles. The minimum absolute atomic E-state index is 0.0770. The molecule has 0 radical (unpaired) electrons. The van der Waals surface area contributed by atoms with Crippen molar-refractivity contribution in [1.82, 2.24) is 15.5 Å². The summed E-state index contributed by atoms with van der Waals surface area (Å²) in [5.74, 6) is -0.0770. The third kappa shape index (κ3) is 2.84. The van der Waals surface area contributed by atoms with Gasteiger partial charge in [0.1, 0.15) is 0 Å². The Morgan fingerprint density at radius 2 is 1.91 bits per heavy atom. The molecule has 22 heavy (non-hydrogen) atoms. The molecular formula is C17H18N4O. The van der Waals surface area contributed by atoms with Gasteiger partial charge in [-0.05, 0) is 31.2 Å². The number of nitrogens with one attached hydrogen (secondary N) is 2. The third-order valence-corrected chi connectivity index (χ3v) is 3.56. The van der Waals surface area contributed by atoms with Gasteiger partial charge in [0.05, 0.1) is 11.2 Å². The molecule has 1 amide bonds. The molecule has 0 fully saturated rings. The number of rotatable bonds is 5. The summed E-state index contributed by atoms with van der Waals surface area (Å²) in [5, 5.41) is 11.3. The first-order chi connectivity index (χ1) is 10.8. The number of carbonyl (C=O) groups is 1. The second kappa shape index (κ2) is 6.41. The number of H-pyrrole nitrogens is 1. The van der Waals surface area contributed by atoms with Crippen LogP contribution in [0.1, 0.15) is 16.8 Å². The van der Waals surface area contributed by atoms with Gasteiger partial charge in [-0.1, -0.05) is 30.3 Å².